The molecule has 2 heterocycles. The SMILES string of the molecule is CN1CCCC(Nc2ccc3c(c2)CCC(=O)N3)CC1. The molecule has 20 heavy (non-hydrogen) atoms. The molecule has 2 aliphatic rings. The zero-order chi connectivity index (χ0) is 13.9. The maximum absolute atomic E-state index is 11.4. The lowest BCUT2D eigenvalue weighted by atomic mass is 10.0. The van der Waals surface area contributed by atoms with Gasteiger partial charge in [-0.2, -0.15) is 0 Å². The number of benzene rings is 1. The van der Waals surface area contributed by atoms with Gasteiger partial charge in [0.25, 0.3) is 0 Å². The molecule has 0 spiro atoms. The van der Waals surface area contributed by atoms with E-state index in [4.69, 9.17) is 0 Å². The fourth-order valence-corrected chi connectivity index (χ4v) is 3.09. The third-order valence-electron chi connectivity index (χ3n) is 4.32. The molecular weight excluding hydrogens is 250 g/mol. The van der Waals surface area contributed by atoms with E-state index in [1.54, 1.807) is 0 Å². The summed E-state index contributed by atoms with van der Waals surface area (Å²) < 4.78 is 0. The van der Waals surface area contributed by atoms with Crippen molar-refractivity contribution in [3.05, 3.63) is 23.8 Å². The van der Waals surface area contributed by atoms with Crippen molar-refractivity contribution in [3.8, 4) is 0 Å². The summed E-state index contributed by atoms with van der Waals surface area (Å²) in [5, 5.41) is 6.60. The minimum absolute atomic E-state index is 0.130. The van der Waals surface area contributed by atoms with E-state index in [2.05, 4.69) is 34.7 Å². The van der Waals surface area contributed by atoms with Crippen LogP contribution in [0.25, 0.3) is 0 Å². The predicted molar refractivity (Wildman–Crippen MR) is 82.2 cm³/mol. The van der Waals surface area contributed by atoms with E-state index in [0.717, 1.165) is 12.1 Å². The smallest absolute Gasteiger partial charge is 0.224 e. The number of rotatable bonds is 2. The van der Waals surface area contributed by atoms with Gasteiger partial charge >= 0.3 is 0 Å². The fraction of sp³-hybridized carbons (Fsp3) is 0.562. The van der Waals surface area contributed by atoms with Gasteiger partial charge in [0.2, 0.25) is 5.91 Å². The number of carbonyl (C=O) groups excluding carboxylic acids is 1. The van der Waals surface area contributed by atoms with Gasteiger partial charge in [0.05, 0.1) is 0 Å². The van der Waals surface area contributed by atoms with Crippen molar-refractivity contribution in [2.45, 2.75) is 38.1 Å². The molecule has 0 aromatic heterocycles. The van der Waals surface area contributed by atoms with E-state index in [-0.39, 0.29) is 5.91 Å². The molecule has 1 atom stereocenters. The van der Waals surface area contributed by atoms with Crippen LogP contribution in [0.15, 0.2) is 18.2 Å². The molecule has 2 N–H and O–H groups in total. The van der Waals surface area contributed by atoms with Crippen LogP contribution in [0, 0.1) is 0 Å². The second-order valence-electron chi connectivity index (χ2n) is 6.00. The van der Waals surface area contributed by atoms with E-state index in [1.807, 2.05) is 6.07 Å². The van der Waals surface area contributed by atoms with Crippen molar-refractivity contribution in [1.82, 2.24) is 4.90 Å². The van der Waals surface area contributed by atoms with Crippen LogP contribution in [-0.2, 0) is 11.2 Å². The van der Waals surface area contributed by atoms with Crippen molar-refractivity contribution in [3.63, 3.8) is 0 Å². The summed E-state index contributed by atoms with van der Waals surface area (Å²) >= 11 is 0. The molecule has 0 radical (unpaired) electrons. The normalized spacial score (nSPS) is 23.6. The molecular formula is C16H23N3O. The number of amides is 1. The van der Waals surface area contributed by atoms with Crippen LogP contribution in [0.1, 0.15) is 31.2 Å². The highest BCUT2D eigenvalue weighted by molar-refractivity contribution is 5.94. The molecule has 2 aliphatic heterocycles. The highest BCUT2D eigenvalue weighted by Gasteiger charge is 2.17. The van der Waals surface area contributed by atoms with Gasteiger partial charge in [-0.05, 0) is 69.6 Å². The Labute approximate surface area is 120 Å². The minimum Gasteiger partial charge on any atom is -0.382 e. The standard InChI is InChI=1S/C16H23N3O/c1-19-9-2-3-13(8-10-19)17-14-5-6-15-12(11-14)4-7-16(20)18-15/h5-6,11,13,17H,2-4,7-10H2,1H3,(H,18,20). The molecule has 0 aliphatic carbocycles. The molecule has 1 aromatic carbocycles. The number of nitrogens with one attached hydrogen (secondary N) is 2. The number of hydrogen-bond donors (Lipinski definition) is 2. The summed E-state index contributed by atoms with van der Waals surface area (Å²) in [6.45, 7) is 2.37. The average Bonchev–Trinajstić information content (AvgIpc) is 2.64. The quantitative estimate of drug-likeness (QED) is 0.870. The van der Waals surface area contributed by atoms with Gasteiger partial charge in [0.15, 0.2) is 0 Å². The van der Waals surface area contributed by atoms with Gasteiger partial charge in [0, 0.05) is 23.8 Å². The van der Waals surface area contributed by atoms with Crippen molar-refractivity contribution in [2.75, 3.05) is 30.8 Å². The zero-order valence-electron chi connectivity index (χ0n) is 12.1. The Morgan fingerprint density at radius 1 is 1.25 bits per heavy atom. The molecule has 4 nitrogen and oxygen atoms in total. The number of anilines is 2. The van der Waals surface area contributed by atoms with Gasteiger partial charge in [0.1, 0.15) is 0 Å². The summed E-state index contributed by atoms with van der Waals surface area (Å²) in [6.07, 6.45) is 5.15. The average molecular weight is 273 g/mol. The van der Waals surface area contributed by atoms with Gasteiger partial charge < -0.3 is 15.5 Å². The second-order valence-corrected chi connectivity index (χ2v) is 6.00. The van der Waals surface area contributed by atoms with E-state index in [0.29, 0.717) is 12.5 Å². The van der Waals surface area contributed by atoms with Crippen molar-refractivity contribution >= 4 is 17.3 Å². The molecule has 1 saturated heterocycles. The first-order chi connectivity index (χ1) is 9.70. The van der Waals surface area contributed by atoms with Crippen LogP contribution in [0.3, 0.4) is 0 Å². The lowest BCUT2D eigenvalue weighted by molar-refractivity contribution is -0.116. The van der Waals surface area contributed by atoms with E-state index >= 15 is 0 Å². The predicted octanol–water partition coefficient (Wildman–Crippen LogP) is 2.47. The second kappa shape index (κ2) is 5.83. The van der Waals surface area contributed by atoms with Crippen LogP contribution >= 0.6 is 0 Å². The summed E-state index contributed by atoms with van der Waals surface area (Å²) in [4.78, 5) is 13.8. The van der Waals surface area contributed by atoms with Crippen LogP contribution in [0.2, 0.25) is 0 Å². The van der Waals surface area contributed by atoms with Crippen molar-refractivity contribution < 1.29 is 4.79 Å². The monoisotopic (exact) mass is 273 g/mol. The number of fused-ring (bicyclic) bond motifs is 1. The van der Waals surface area contributed by atoms with Gasteiger partial charge in [-0.3, -0.25) is 4.79 Å². The number of likely N-dealkylation sites (tertiary alicyclic amines) is 1. The minimum atomic E-state index is 0.130. The molecule has 1 aromatic rings. The van der Waals surface area contributed by atoms with Gasteiger partial charge in [-0.1, -0.05) is 0 Å². The van der Waals surface area contributed by atoms with Crippen LogP contribution in [-0.4, -0.2) is 37.0 Å². The zero-order valence-corrected chi connectivity index (χ0v) is 12.1. The van der Waals surface area contributed by atoms with Crippen LogP contribution in [0.5, 0.6) is 0 Å². The maximum Gasteiger partial charge on any atom is 0.224 e. The largest absolute Gasteiger partial charge is 0.382 e. The molecule has 108 valence electrons. The molecule has 4 heteroatoms. The Morgan fingerprint density at radius 2 is 2.15 bits per heavy atom. The first-order valence-electron chi connectivity index (χ1n) is 7.58. The van der Waals surface area contributed by atoms with Crippen molar-refractivity contribution in [1.29, 1.82) is 0 Å². The Morgan fingerprint density at radius 3 is 3.05 bits per heavy atom. The van der Waals surface area contributed by atoms with Gasteiger partial charge in [-0.25, -0.2) is 0 Å². The molecule has 3 rings (SSSR count). The number of aryl methyl sites for hydroxylation is 1. The topological polar surface area (TPSA) is 44.4 Å². The number of nitrogens with zero attached hydrogens (tertiary/aromatic N) is 1. The number of hydrogen-bond acceptors (Lipinski definition) is 3. The maximum atomic E-state index is 11.4. The lowest BCUT2D eigenvalue weighted by Gasteiger charge is -2.21. The Bertz CT molecular complexity index is 500. The summed E-state index contributed by atoms with van der Waals surface area (Å²) in [5.41, 5.74) is 3.42. The third-order valence-corrected chi connectivity index (χ3v) is 4.32. The summed E-state index contributed by atoms with van der Waals surface area (Å²) in [6, 6.07) is 6.87. The molecule has 1 fully saturated rings. The summed E-state index contributed by atoms with van der Waals surface area (Å²) in [7, 11) is 2.20. The molecule has 1 unspecified atom stereocenters. The van der Waals surface area contributed by atoms with Crippen LogP contribution < -0.4 is 10.6 Å². The molecule has 1 amide bonds. The van der Waals surface area contributed by atoms with E-state index < -0.39 is 0 Å². The first-order valence-corrected chi connectivity index (χ1v) is 7.58. The Hall–Kier alpha value is -1.55. The first kappa shape index (κ1) is 13.4. The third kappa shape index (κ3) is 3.12. The van der Waals surface area contributed by atoms with Gasteiger partial charge in [-0.15, -0.1) is 0 Å². The van der Waals surface area contributed by atoms with E-state index in [1.165, 1.54) is 43.6 Å². The van der Waals surface area contributed by atoms with Crippen molar-refractivity contribution in [2.24, 2.45) is 0 Å². The number of carbonyl (C=O) groups is 1. The Balaban J connectivity index is 1.67. The Kier molecular flexibility index (Phi) is 3.92. The lowest BCUT2D eigenvalue weighted by Crippen LogP contribution is -2.23. The molecule has 0 bridgehead atoms. The van der Waals surface area contributed by atoms with Crippen LogP contribution in [0.4, 0.5) is 11.4 Å². The molecule has 0 saturated carbocycles. The summed E-state index contributed by atoms with van der Waals surface area (Å²) in [5.74, 6) is 0.130. The van der Waals surface area contributed by atoms with E-state index in [9.17, 15) is 4.79 Å². The highest BCUT2D eigenvalue weighted by Crippen LogP contribution is 2.26. The highest BCUT2D eigenvalue weighted by atomic mass is 16.1. The fourth-order valence-electron chi connectivity index (χ4n) is 3.09.